The lowest BCUT2D eigenvalue weighted by Crippen LogP contribution is -2.29. The first-order valence-electron chi connectivity index (χ1n) is 11.7. The van der Waals surface area contributed by atoms with Crippen LogP contribution in [-0.2, 0) is 18.3 Å². The summed E-state index contributed by atoms with van der Waals surface area (Å²) in [6.07, 6.45) is 0.724. The summed E-state index contributed by atoms with van der Waals surface area (Å²) in [7, 11) is 1.77. The Balaban J connectivity index is 1.39. The normalized spacial score (nSPS) is 10.6. The van der Waals surface area contributed by atoms with Gasteiger partial charge in [-0.25, -0.2) is 4.68 Å². The van der Waals surface area contributed by atoms with Gasteiger partial charge in [0.05, 0.1) is 23.5 Å². The van der Waals surface area contributed by atoms with Crippen LogP contribution in [0.15, 0.2) is 89.7 Å². The zero-order valence-corrected chi connectivity index (χ0v) is 20.3. The molecule has 3 N–H and O–H groups in total. The van der Waals surface area contributed by atoms with Crippen LogP contribution in [-0.4, -0.2) is 34.3 Å². The van der Waals surface area contributed by atoms with Crippen LogP contribution < -0.4 is 21.5 Å². The molecule has 0 aliphatic rings. The lowest BCUT2D eigenvalue weighted by molar-refractivity contribution is -0.114. The molecule has 0 spiro atoms. The fraction of sp³-hybridized carbons (Fsp3) is 0.179. The van der Waals surface area contributed by atoms with Crippen molar-refractivity contribution >= 4 is 23.2 Å². The molecule has 0 unspecified atom stereocenters. The number of rotatable bonds is 9. The predicted molar refractivity (Wildman–Crippen MR) is 142 cm³/mol. The maximum Gasteiger partial charge on any atom is 0.295 e. The van der Waals surface area contributed by atoms with E-state index in [1.54, 1.807) is 42.9 Å². The first-order valence-corrected chi connectivity index (χ1v) is 11.7. The van der Waals surface area contributed by atoms with Crippen LogP contribution in [0.5, 0.6) is 0 Å². The predicted octanol–water partition coefficient (Wildman–Crippen LogP) is 3.51. The van der Waals surface area contributed by atoms with Crippen molar-refractivity contribution in [1.29, 1.82) is 0 Å². The minimum absolute atomic E-state index is 0.104. The van der Waals surface area contributed by atoms with Crippen molar-refractivity contribution in [3.63, 3.8) is 0 Å². The SMILES string of the molecule is Cc1c(NC(=O)CNc2ccccc2C(=O)NCCc2ccccc2)c(=O)n(-c2ccccc2)n1C. The van der Waals surface area contributed by atoms with Crippen LogP contribution >= 0.6 is 0 Å². The van der Waals surface area contributed by atoms with Crippen molar-refractivity contribution in [3.8, 4) is 5.69 Å². The van der Waals surface area contributed by atoms with E-state index in [0.717, 1.165) is 12.0 Å². The maximum atomic E-state index is 13.0. The number of carbonyl (C=O) groups is 2. The van der Waals surface area contributed by atoms with Gasteiger partial charge in [0, 0.05) is 19.3 Å². The minimum atomic E-state index is -0.389. The van der Waals surface area contributed by atoms with Gasteiger partial charge in [-0.2, -0.15) is 0 Å². The van der Waals surface area contributed by atoms with Crippen molar-refractivity contribution in [3.05, 3.63) is 112 Å². The van der Waals surface area contributed by atoms with Gasteiger partial charge in [0.15, 0.2) is 0 Å². The van der Waals surface area contributed by atoms with Crippen molar-refractivity contribution in [2.75, 3.05) is 23.7 Å². The van der Waals surface area contributed by atoms with Gasteiger partial charge in [0.1, 0.15) is 5.69 Å². The summed E-state index contributed by atoms with van der Waals surface area (Å²) in [5.41, 5.74) is 3.38. The van der Waals surface area contributed by atoms with E-state index in [9.17, 15) is 14.4 Å². The van der Waals surface area contributed by atoms with Crippen molar-refractivity contribution < 1.29 is 9.59 Å². The van der Waals surface area contributed by atoms with Crippen LogP contribution in [0, 0.1) is 6.92 Å². The monoisotopic (exact) mass is 483 g/mol. The summed E-state index contributed by atoms with van der Waals surface area (Å²) in [6, 6.07) is 26.2. The Bertz CT molecular complexity index is 1410. The summed E-state index contributed by atoms with van der Waals surface area (Å²) in [5, 5.41) is 8.68. The second-order valence-electron chi connectivity index (χ2n) is 8.38. The molecule has 2 amide bonds. The van der Waals surface area contributed by atoms with Crippen LogP contribution in [0.3, 0.4) is 0 Å². The van der Waals surface area contributed by atoms with E-state index >= 15 is 0 Å². The molecule has 0 bridgehead atoms. The van der Waals surface area contributed by atoms with E-state index in [1.165, 1.54) is 4.68 Å². The summed E-state index contributed by atoms with van der Waals surface area (Å²) in [5.74, 6) is -0.612. The largest absolute Gasteiger partial charge is 0.376 e. The molecule has 0 fully saturated rings. The lowest BCUT2D eigenvalue weighted by atomic mass is 10.1. The molecular formula is C28H29N5O3. The molecule has 0 saturated heterocycles. The number of para-hydroxylation sites is 2. The van der Waals surface area contributed by atoms with E-state index in [4.69, 9.17) is 0 Å². The molecule has 36 heavy (non-hydrogen) atoms. The number of nitrogens with zero attached hydrogens (tertiary/aromatic N) is 2. The quantitative estimate of drug-likeness (QED) is 0.339. The molecule has 4 rings (SSSR count). The molecule has 1 aromatic heterocycles. The molecular weight excluding hydrogens is 454 g/mol. The summed E-state index contributed by atoms with van der Waals surface area (Å²) >= 11 is 0. The third kappa shape index (κ3) is 5.55. The average Bonchev–Trinajstić information content (AvgIpc) is 3.11. The highest BCUT2D eigenvalue weighted by Crippen LogP contribution is 2.16. The Hall–Kier alpha value is -4.59. The summed E-state index contributed by atoms with van der Waals surface area (Å²) in [6.45, 7) is 2.17. The molecule has 8 nitrogen and oxygen atoms in total. The van der Waals surface area contributed by atoms with E-state index in [-0.39, 0.29) is 29.6 Å². The molecule has 3 aromatic carbocycles. The van der Waals surface area contributed by atoms with E-state index in [2.05, 4.69) is 16.0 Å². The minimum Gasteiger partial charge on any atom is -0.376 e. The first-order chi connectivity index (χ1) is 17.5. The number of anilines is 2. The average molecular weight is 484 g/mol. The molecule has 4 aromatic rings. The van der Waals surface area contributed by atoms with Crippen molar-refractivity contribution in [1.82, 2.24) is 14.7 Å². The fourth-order valence-electron chi connectivity index (χ4n) is 3.97. The fourth-order valence-corrected chi connectivity index (χ4v) is 3.97. The molecule has 1 heterocycles. The Morgan fingerprint density at radius 2 is 1.50 bits per heavy atom. The van der Waals surface area contributed by atoms with Gasteiger partial charge in [-0.05, 0) is 43.2 Å². The summed E-state index contributed by atoms with van der Waals surface area (Å²) < 4.78 is 3.21. The highest BCUT2D eigenvalue weighted by atomic mass is 16.2. The van der Waals surface area contributed by atoms with Gasteiger partial charge >= 0.3 is 0 Å². The third-order valence-corrected chi connectivity index (χ3v) is 5.97. The van der Waals surface area contributed by atoms with Gasteiger partial charge in [-0.3, -0.25) is 19.1 Å². The Labute approximate surface area is 209 Å². The van der Waals surface area contributed by atoms with Gasteiger partial charge in [0.25, 0.3) is 11.5 Å². The van der Waals surface area contributed by atoms with Crippen LogP contribution in [0.1, 0.15) is 21.6 Å². The van der Waals surface area contributed by atoms with E-state index in [1.807, 2.05) is 60.7 Å². The maximum absolute atomic E-state index is 13.0. The van der Waals surface area contributed by atoms with E-state index < -0.39 is 0 Å². The van der Waals surface area contributed by atoms with Crippen LogP contribution in [0.25, 0.3) is 5.69 Å². The number of hydrogen-bond acceptors (Lipinski definition) is 4. The molecule has 0 atom stereocenters. The molecule has 8 heteroatoms. The second-order valence-corrected chi connectivity index (χ2v) is 8.38. The topological polar surface area (TPSA) is 97.2 Å². The van der Waals surface area contributed by atoms with Gasteiger partial charge in [0.2, 0.25) is 5.91 Å². The smallest absolute Gasteiger partial charge is 0.295 e. The molecule has 0 radical (unpaired) electrons. The van der Waals surface area contributed by atoms with Crippen molar-refractivity contribution in [2.45, 2.75) is 13.3 Å². The van der Waals surface area contributed by atoms with Crippen LogP contribution in [0.4, 0.5) is 11.4 Å². The standard InChI is InChI=1S/C28H29N5O3/c1-20-26(28(36)33(32(20)2)22-13-7-4-8-14-22)31-25(34)19-30-24-16-10-9-15-23(24)27(35)29-18-17-21-11-5-3-6-12-21/h3-16,30H,17-19H2,1-2H3,(H,29,35)(H,31,34). The molecule has 0 aliphatic carbocycles. The number of aromatic nitrogens is 2. The highest BCUT2D eigenvalue weighted by Gasteiger charge is 2.18. The zero-order chi connectivity index (χ0) is 25.5. The van der Waals surface area contributed by atoms with Crippen molar-refractivity contribution in [2.24, 2.45) is 7.05 Å². The first kappa shape index (κ1) is 24.5. The van der Waals surface area contributed by atoms with Gasteiger partial charge < -0.3 is 16.0 Å². The third-order valence-electron chi connectivity index (χ3n) is 5.97. The lowest BCUT2D eigenvalue weighted by Gasteiger charge is -2.12. The van der Waals surface area contributed by atoms with Crippen LogP contribution in [0.2, 0.25) is 0 Å². The Kier molecular flexibility index (Phi) is 7.65. The number of nitrogens with one attached hydrogen (secondary N) is 3. The van der Waals surface area contributed by atoms with E-state index in [0.29, 0.717) is 29.2 Å². The molecule has 0 saturated carbocycles. The number of hydrogen-bond donors (Lipinski definition) is 3. The Morgan fingerprint density at radius 1 is 0.861 bits per heavy atom. The van der Waals surface area contributed by atoms with Gasteiger partial charge in [-0.1, -0.05) is 60.7 Å². The number of carbonyl (C=O) groups excluding carboxylic acids is 2. The second kappa shape index (κ2) is 11.2. The number of amides is 2. The van der Waals surface area contributed by atoms with Gasteiger partial charge in [-0.15, -0.1) is 0 Å². The zero-order valence-electron chi connectivity index (χ0n) is 20.3. The Morgan fingerprint density at radius 3 is 2.22 bits per heavy atom. The summed E-state index contributed by atoms with van der Waals surface area (Å²) in [4.78, 5) is 38.5. The molecule has 0 aliphatic heterocycles. The number of benzene rings is 3. The highest BCUT2D eigenvalue weighted by molar-refractivity contribution is 6.01. The molecule has 184 valence electrons.